The molecule has 3 rings (SSSR count). The Hall–Kier alpha value is -0.0600. The molecule has 16 heavy (non-hydrogen) atoms. The molecule has 2 nitrogen and oxygen atoms in total. The van der Waals surface area contributed by atoms with Gasteiger partial charge in [0.15, 0.2) is 0 Å². The molecule has 3 atom stereocenters. The number of rotatable bonds is 1. The van der Waals surface area contributed by atoms with Crippen LogP contribution in [0.2, 0.25) is 0 Å². The summed E-state index contributed by atoms with van der Waals surface area (Å²) in [4.78, 5) is 0. The summed E-state index contributed by atoms with van der Waals surface area (Å²) in [7, 11) is 0. The molecule has 0 unspecified atom stereocenters. The van der Waals surface area contributed by atoms with Crippen LogP contribution in [-0.4, -0.2) is 17.8 Å². The molecule has 86 valence electrons. The van der Waals surface area contributed by atoms with E-state index in [0.717, 1.165) is 27.5 Å². The van der Waals surface area contributed by atoms with Crippen LogP contribution in [0.5, 0.6) is 5.75 Å². The summed E-state index contributed by atoms with van der Waals surface area (Å²) in [5.41, 5.74) is 1.24. The average molecular weight is 348 g/mol. The predicted octanol–water partition coefficient (Wildman–Crippen LogP) is 3.46. The molecule has 1 aliphatic carbocycles. The molecule has 1 heterocycles. The van der Waals surface area contributed by atoms with E-state index in [1.165, 1.54) is 5.56 Å². The van der Waals surface area contributed by atoms with Gasteiger partial charge < -0.3 is 9.84 Å². The van der Waals surface area contributed by atoms with Crippen molar-refractivity contribution in [1.82, 2.24) is 0 Å². The number of aliphatic hydroxyl groups excluding tert-OH is 1. The zero-order chi connectivity index (χ0) is 11.3. The number of hydrogen-bond donors (Lipinski definition) is 1. The minimum atomic E-state index is 0.258. The first kappa shape index (κ1) is 11.1. The van der Waals surface area contributed by atoms with Crippen LogP contribution in [0.1, 0.15) is 24.3 Å². The molecule has 1 aromatic rings. The van der Waals surface area contributed by atoms with Crippen LogP contribution < -0.4 is 4.74 Å². The van der Waals surface area contributed by atoms with Gasteiger partial charge in [-0.15, -0.1) is 0 Å². The van der Waals surface area contributed by atoms with Crippen molar-refractivity contribution < 1.29 is 9.84 Å². The Morgan fingerprint density at radius 1 is 1.31 bits per heavy atom. The van der Waals surface area contributed by atoms with E-state index >= 15 is 0 Å². The summed E-state index contributed by atoms with van der Waals surface area (Å²) < 4.78 is 8.03. The van der Waals surface area contributed by atoms with Crippen LogP contribution in [0.4, 0.5) is 0 Å². The van der Waals surface area contributed by atoms with E-state index in [1.54, 1.807) is 0 Å². The largest absolute Gasteiger partial charge is 0.488 e. The van der Waals surface area contributed by atoms with Gasteiger partial charge in [-0.1, -0.05) is 15.9 Å². The van der Waals surface area contributed by atoms with Crippen LogP contribution in [-0.2, 0) is 0 Å². The van der Waals surface area contributed by atoms with Crippen molar-refractivity contribution in [2.45, 2.75) is 24.9 Å². The highest BCUT2D eigenvalue weighted by Crippen LogP contribution is 2.52. The average Bonchev–Trinajstić information content (AvgIpc) is 2.77. The first-order valence-corrected chi connectivity index (χ1v) is 7.05. The van der Waals surface area contributed by atoms with Gasteiger partial charge in [0.25, 0.3) is 0 Å². The van der Waals surface area contributed by atoms with Gasteiger partial charge >= 0.3 is 0 Å². The van der Waals surface area contributed by atoms with Crippen LogP contribution >= 0.6 is 31.9 Å². The number of aliphatic hydroxyl groups is 1. The van der Waals surface area contributed by atoms with Gasteiger partial charge in [-0.2, -0.15) is 0 Å². The third kappa shape index (κ3) is 1.54. The summed E-state index contributed by atoms with van der Waals surface area (Å²) in [5, 5.41) is 9.40. The van der Waals surface area contributed by atoms with Crippen molar-refractivity contribution in [2.75, 3.05) is 6.61 Å². The van der Waals surface area contributed by atoms with Crippen LogP contribution in [0, 0.1) is 5.92 Å². The van der Waals surface area contributed by atoms with Crippen molar-refractivity contribution in [3.8, 4) is 5.75 Å². The molecule has 0 saturated heterocycles. The lowest BCUT2D eigenvalue weighted by atomic mass is 9.89. The lowest BCUT2D eigenvalue weighted by molar-refractivity contribution is 0.186. The molecule has 0 spiro atoms. The Labute approximate surface area is 111 Å². The highest BCUT2D eigenvalue weighted by molar-refractivity contribution is 9.11. The second kappa shape index (κ2) is 4.00. The van der Waals surface area contributed by atoms with Crippen molar-refractivity contribution in [3.05, 3.63) is 26.6 Å². The minimum Gasteiger partial charge on any atom is -0.488 e. The summed E-state index contributed by atoms with van der Waals surface area (Å²) in [5.74, 6) is 1.69. The molecule has 0 aromatic heterocycles. The first-order valence-electron chi connectivity index (χ1n) is 5.47. The topological polar surface area (TPSA) is 29.5 Å². The maximum absolute atomic E-state index is 9.40. The highest BCUT2D eigenvalue weighted by Gasteiger charge is 2.44. The van der Waals surface area contributed by atoms with E-state index in [4.69, 9.17) is 4.74 Å². The smallest absolute Gasteiger partial charge is 0.137 e. The standard InChI is InChI=1S/C12H12Br2O2/c13-7-3-8-11-6(5-15)1-2-10(11)16-12(8)9(14)4-7/h3-4,6,10-11,15H,1-2,5H2/t6-,10+,11+/m1/s1. The lowest BCUT2D eigenvalue weighted by Gasteiger charge is -2.15. The summed E-state index contributed by atoms with van der Waals surface area (Å²) in [6.45, 7) is 0.258. The summed E-state index contributed by atoms with van der Waals surface area (Å²) in [6, 6.07) is 4.13. The van der Waals surface area contributed by atoms with Gasteiger partial charge in [0, 0.05) is 22.6 Å². The van der Waals surface area contributed by atoms with Crippen molar-refractivity contribution in [1.29, 1.82) is 0 Å². The third-order valence-electron chi connectivity index (χ3n) is 3.63. The van der Waals surface area contributed by atoms with E-state index in [2.05, 4.69) is 37.9 Å². The third-order valence-corrected chi connectivity index (χ3v) is 4.68. The molecule has 0 bridgehead atoms. The van der Waals surface area contributed by atoms with E-state index in [9.17, 15) is 5.11 Å². The fraction of sp³-hybridized carbons (Fsp3) is 0.500. The van der Waals surface area contributed by atoms with Crippen LogP contribution in [0.25, 0.3) is 0 Å². The van der Waals surface area contributed by atoms with Gasteiger partial charge in [0.2, 0.25) is 0 Å². The molecule has 1 aliphatic heterocycles. The Kier molecular flexibility index (Phi) is 2.76. The van der Waals surface area contributed by atoms with E-state index in [-0.39, 0.29) is 12.7 Å². The molecular weight excluding hydrogens is 336 g/mol. The van der Waals surface area contributed by atoms with Crippen molar-refractivity contribution in [2.24, 2.45) is 5.92 Å². The van der Waals surface area contributed by atoms with E-state index < -0.39 is 0 Å². The van der Waals surface area contributed by atoms with Crippen molar-refractivity contribution >= 4 is 31.9 Å². The van der Waals surface area contributed by atoms with Gasteiger partial charge in [-0.05, 0) is 46.8 Å². The van der Waals surface area contributed by atoms with Crippen LogP contribution in [0.3, 0.4) is 0 Å². The maximum atomic E-state index is 9.40. The minimum absolute atomic E-state index is 0.258. The van der Waals surface area contributed by atoms with Crippen LogP contribution in [0.15, 0.2) is 21.1 Å². The Balaban J connectivity index is 2.08. The number of fused-ring (bicyclic) bond motifs is 3. The fourth-order valence-electron chi connectivity index (χ4n) is 2.94. The van der Waals surface area contributed by atoms with E-state index in [0.29, 0.717) is 11.8 Å². The number of benzene rings is 1. The van der Waals surface area contributed by atoms with Gasteiger partial charge in [-0.25, -0.2) is 0 Å². The first-order chi connectivity index (χ1) is 7.70. The zero-order valence-electron chi connectivity index (χ0n) is 8.62. The number of ether oxygens (including phenoxy) is 1. The van der Waals surface area contributed by atoms with Gasteiger partial charge in [0.05, 0.1) is 4.47 Å². The Morgan fingerprint density at radius 3 is 2.88 bits per heavy atom. The highest BCUT2D eigenvalue weighted by atomic mass is 79.9. The SMILES string of the molecule is OC[C@H]1CC[C@@H]2Oc3c(Br)cc(Br)cc3[C@H]12. The molecular formula is C12H12Br2O2. The lowest BCUT2D eigenvalue weighted by Crippen LogP contribution is -2.17. The molecule has 1 fully saturated rings. The zero-order valence-corrected chi connectivity index (χ0v) is 11.8. The molecule has 4 heteroatoms. The quantitative estimate of drug-likeness (QED) is 0.843. The molecule has 2 aliphatic rings. The Morgan fingerprint density at radius 2 is 2.12 bits per heavy atom. The molecule has 1 saturated carbocycles. The number of halogens is 2. The summed E-state index contributed by atoms with van der Waals surface area (Å²) >= 11 is 7.04. The fourth-order valence-corrected chi connectivity index (χ4v) is 4.29. The monoisotopic (exact) mass is 346 g/mol. The summed E-state index contributed by atoms with van der Waals surface area (Å²) in [6.07, 6.45) is 2.38. The van der Waals surface area contributed by atoms with Crippen molar-refractivity contribution in [3.63, 3.8) is 0 Å². The molecule has 1 N–H and O–H groups in total. The number of hydrogen-bond acceptors (Lipinski definition) is 2. The second-order valence-electron chi connectivity index (χ2n) is 4.51. The second-order valence-corrected chi connectivity index (χ2v) is 6.28. The van der Waals surface area contributed by atoms with Gasteiger partial charge in [-0.3, -0.25) is 0 Å². The maximum Gasteiger partial charge on any atom is 0.137 e. The Bertz CT molecular complexity index is 433. The van der Waals surface area contributed by atoms with Gasteiger partial charge in [0.1, 0.15) is 11.9 Å². The normalized spacial score (nSPS) is 31.1. The molecule has 0 amide bonds. The molecule has 1 aromatic carbocycles. The molecule has 0 radical (unpaired) electrons. The van der Waals surface area contributed by atoms with E-state index in [1.807, 2.05) is 6.07 Å². The predicted molar refractivity (Wildman–Crippen MR) is 68.8 cm³/mol.